The number of anilines is 4. The van der Waals surface area contributed by atoms with Crippen molar-refractivity contribution in [3.05, 3.63) is 22.2 Å². The normalized spacial score (nSPS) is 19.0. The van der Waals surface area contributed by atoms with Crippen LogP contribution in [-0.2, 0) is 19.1 Å². The topological polar surface area (TPSA) is 264 Å². The number of carbonyl (C=O) groups is 4. The van der Waals surface area contributed by atoms with Gasteiger partial charge in [0.15, 0.2) is 23.3 Å². The fourth-order valence-corrected chi connectivity index (χ4v) is 10.4. The van der Waals surface area contributed by atoms with E-state index in [1.807, 2.05) is 23.9 Å². The number of nitrogens with zero attached hydrogens (tertiary/aromatic N) is 8. The average molecular weight is 1060 g/mol. The number of methoxy groups -OCH3 is 2. The summed E-state index contributed by atoms with van der Waals surface area (Å²) >= 11 is 12.3. The number of hydrogen-bond acceptors (Lipinski definition) is 16. The third-order valence-corrected chi connectivity index (χ3v) is 14.2. The van der Waals surface area contributed by atoms with Gasteiger partial charge in [-0.15, -0.1) is 0 Å². The summed E-state index contributed by atoms with van der Waals surface area (Å²) in [7, 11) is 7.28. The third-order valence-electron chi connectivity index (χ3n) is 13.8. The Balaban J connectivity index is 0.000000267. The van der Waals surface area contributed by atoms with Crippen molar-refractivity contribution in [1.29, 1.82) is 0 Å². The Morgan fingerprint density at radius 3 is 1.36 bits per heavy atom. The fourth-order valence-electron chi connectivity index (χ4n) is 10.1. The number of carboxylic acid groups (broad SMARTS) is 2. The van der Waals surface area contributed by atoms with Gasteiger partial charge in [-0.2, -0.15) is 28.7 Å². The molecular weight excluding hydrogens is 985 g/mol. The minimum atomic E-state index is -1.20. The van der Waals surface area contributed by atoms with E-state index < -0.39 is 47.5 Å². The molecule has 26 heteroatoms. The molecule has 2 saturated carbocycles. The van der Waals surface area contributed by atoms with E-state index in [0.29, 0.717) is 64.1 Å². The van der Waals surface area contributed by atoms with E-state index in [-0.39, 0.29) is 59.0 Å². The second-order valence-corrected chi connectivity index (χ2v) is 19.9. The van der Waals surface area contributed by atoms with Gasteiger partial charge in [-0.25, -0.2) is 9.59 Å². The molecule has 2 aliphatic heterocycles. The standard InChI is InChI=1S/2C23H37ClFN7O4/c2*1-31(10-11-36-2)14-17-8-5-9-32(17)20-18(25)19(27-22(24)28-20)29-30-21(33)16(13-26-23(34)35)12-15-6-3-4-7-15/h2*15-17,26H,3-14H2,1-2H3,(H,30,33)(H,34,35)(H,27,28,29)/t2*16-,17+/m11/s1. The van der Waals surface area contributed by atoms with Crippen LogP contribution in [0.4, 0.5) is 41.6 Å². The summed E-state index contributed by atoms with van der Waals surface area (Å²) in [6.07, 6.45) is 10.8. The van der Waals surface area contributed by atoms with Gasteiger partial charge in [0.2, 0.25) is 34.0 Å². The van der Waals surface area contributed by atoms with Crippen molar-refractivity contribution in [2.45, 2.75) is 102 Å². The Morgan fingerprint density at radius 2 is 1.01 bits per heavy atom. The van der Waals surface area contributed by atoms with Crippen molar-refractivity contribution < 1.29 is 47.6 Å². The summed E-state index contributed by atoms with van der Waals surface area (Å²) in [4.78, 5) is 71.9. The summed E-state index contributed by atoms with van der Waals surface area (Å²) in [6, 6.07) is 0.0975. The van der Waals surface area contributed by atoms with Crippen molar-refractivity contribution in [1.82, 2.24) is 51.2 Å². The van der Waals surface area contributed by atoms with E-state index in [0.717, 1.165) is 90.1 Å². The van der Waals surface area contributed by atoms with Crippen molar-refractivity contribution in [2.24, 2.45) is 23.7 Å². The van der Waals surface area contributed by atoms with Crippen LogP contribution in [0.3, 0.4) is 0 Å². The van der Waals surface area contributed by atoms with Crippen LogP contribution in [0, 0.1) is 35.3 Å². The largest absolute Gasteiger partial charge is 0.465 e. The number of nitrogens with one attached hydrogen (secondary N) is 6. The van der Waals surface area contributed by atoms with E-state index >= 15 is 8.78 Å². The molecule has 8 N–H and O–H groups in total. The molecule has 2 aromatic rings. The number of hydrazine groups is 2. The number of hydrogen-bond donors (Lipinski definition) is 8. The second kappa shape index (κ2) is 29.7. The van der Waals surface area contributed by atoms with Gasteiger partial charge < -0.3 is 49.9 Å². The maximum atomic E-state index is 15.5. The molecule has 6 rings (SSSR count). The van der Waals surface area contributed by atoms with Crippen molar-refractivity contribution in [3.8, 4) is 0 Å². The molecule has 0 unspecified atom stereocenters. The van der Waals surface area contributed by atoms with E-state index in [2.05, 4.69) is 62.1 Å². The van der Waals surface area contributed by atoms with Gasteiger partial charge in [0, 0.05) is 78.7 Å². The minimum Gasteiger partial charge on any atom is -0.465 e. The highest BCUT2D eigenvalue weighted by Gasteiger charge is 2.34. The molecule has 4 amide bonds. The van der Waals surface area contributed by atoms with Gasteiger partial charge in [-0.3, -0.25) is 31.3 Å². The highest BCUT2D eigenvalue weighted by Crippen LogP contribution is 2.34. The molecule has 2 aliphatic carbocycles. The highest BCUT2D eigenvalue weighted by atomic mass is 35.5. The maximum Gasteiger partial charge on any atom is 0.404 e. The molecule has 2 saturated heterocycles. The molecular formula is C46H74Cl2F2N14O8. The van der Waals surface area contributed by atoms with Crippen molar-refractivity contribution >= 4 is 70.5 Å². The lowest BCUT2D eigenvalue weighted by Crippen LogP contribution is -2.42. The van der Waals surface area contributed by atoms with E-state index in [9.17, 15) is 19.2 Å². The Kier molecular flexibility index (Phi) is 24.0. The van der Waals surface area contributed by atoms with Crippen LogP contribution in [0.25, 0.3) is 0 Å². The summed E-state index contributed by atoms with van der Waals surface area (Å²) in [5, 5.41) is 22.2. The average Bonchev–Trinajstić information content (AvgIpc) is 4.21. The first-order valence-corrected chi connectivity index (χ1v) is 25.7. The van der Waals surface area contributed by atoms with E-state index in [1.165, 1.54) is 0 Å². The summed E-state index contributed by atoms with van der Waals surface area (Å²) in [6.45, 7) is 5.35. The van der Waals surface area contributed by atoms with Crippen LogP contribution in [-0.4, -0.2) is 170 Å². The molecule has 404 valence electrons. The van der Waals surface area contributed by atoms with Gasteiger partial charge >= 0.3 is 12.2 Å². The second-order valence-electron chi connectivity index (χ2n) is 19.2. The molecule has 0 spiro atoms. The Hall–Kier alpha value is -4.88. The predicted octanol–water partition coefficient (Wildman–Crippen LogP) is 5.45. The van der Waals surface area contributed by atoms with E-state index in [4.69, 9.17) is 42.9 Å². The zero-order valence-corrected chi connectivity index (χ0v) is 43.4. The number of halogens is 4. The number of aromatic nitrogens is 4. The zero-order chi connectivity index (χ0) is 52.2. The molecule has 4 atom stereocenters. The van der Waals surface area contributed by atoms with E-state index in [1.54, 1.807) is 14.2 Å². The van der Waals surface area contributed by atoms with Crippen LogP contribution in [0.5, 0.6) is 0 Å². The first-order chi connectivity index (χ1) is 34.6. The molecule has 0 aromatic carbocycles. The summed E-state index contributed by atoms with van der Waals surface area (Å²) in [5.74, 6) is -3.05. The lowest BCUT2D eigenvalue weighted by molar-refractivity contribution is -0.125. The summed E-state index contributed by atoms with van der Waals surface area (Å²) < 4.78 is 41.2. The van der Waals surface area contributed by atoms with Crippen LogP contribution in [0.15, 0.2) is 0 Å². The smallest absolute Gasteiger partial charge is 0.404 e. The molecule has 72 heavy (non-hydrogen) atoms. The molecule has 4 aliphatic rings. The molecule has 0 bridgehead atoms. The summed E-state index contributed by atoms with van der Waals surface area (Å²) in [5.41, 5.74) is 10.1. The number of ether oxygens (including phenoxy) is 2. The quantitative estimate of drug-likeness (QED) is 0.0430. The molecule has 0 radical (unpaired) electrons. The molecule has 22 nitrogen and oxygen atoms in total. The van der Waals surface area contributed by atoms with Gasteiger partial charge in [0.05, 0.1) is 25.0 Å². The zero-order valence-electron chi connectivity index (χ0n) is 41.9. The number of likely N-dealkylation sites (N-methyl/N-ethyl adjacent to an activating group) is 2. The molecule has 4 heterocycles. The SMILES string of the molecule is COCCN(C)C[C@@H]1CCCN1c1nc(Cl)nc(NNC(=O)[C@@H](CNC(=O)O)CC2CCCC2)c1F.COCCN(C)C[C@@H]1CCCN1c1nc(Cl)nc(NNC(=O)[C@@H](CNC(=O)O)CC2CCCC2)c1F. The lowest BCUT2D eigenvalue weighted by Gasteiger charge is -2.30. The first kappa shape index (κ1) is 58.0. The number of amides is 4. The van der Waals surface area contributed by atoms with Crippen LogP contribution >= 0.6 is 23.2 Å². The van der Waals surface area contributed by atoms with Gasteiger partial charge in [0.25, 0.3) is 0 Å². The maximum absolute atomic E-state index is 15.5. The monoisotopic (exact) mass is 1060 g/mol. The Morgan fingerprint density at radius 1 is 0.639 bits per heavy atom. The Bertz CT molecular complexity index is 1920. The van der Waals surface area contributed by atoms with Gasteiger partial charge in [-0.1, -0.05) is 51.4 Å². The van der Waals surface area contributed by atoms with Crippen LogP contribution < -0.4 is 42.1 Å². The highest BCUT2D eigenvalue weighted by molar-refractivity contribution is 6.28. The van der Waals surface area contributed by atoms with Gasteiger partial charge in [0.1, 0.15) is 0 Å². The fraction of sp³-hybridized carbons (Fsp3) is 0.739. The number of carbonyl (C=O) groups excluding carboxylic acids is 2. The predicted molar refractivity (Wildman–Crippen MR) is 269 cm³/mol. The Labute approximate surface area is 430 Å². The first-order valence-electron chi connectivity index (χ1n) is 25.0. The minimum absolute atomic E-state index is 0.0242. The number of rotatable bonds is 26. The van der Waals surface area contributed by atoms with Gasteiger partial charge in [-0.05, 0) is 87.7 Å². The van der Waals surface area contributed by atoms with Crippen molar-refractivity contribution in [3.63, 3.8) is 0 Å². The molecule has 2 aromatic heterocycles. The van der Waals surface area contributed by atoms with Crippen molar-refractivity contribution in [2.75, 3.05) is 115 Å². The third kappa shape index (κ3) is 18.3. The van der Waals surface area contributed by atoms with Crippen LogP contribution in [0.2, 0.25) is 10.6 Å². The lowest BCUT2D eigenvalue weighted by atomic mass is 9.92. The van der Waals surface area contributed by atoms with Crippen LogP contribution in [0.1, 0.15) is 89.9 Å². The molecule has 4 fully saturated rings.